The summed E-state index contributed by atoms with van der Waals surface area (Å²) in [7, 11) is 0. The second kappa shape index (κ2) is 16.1. The van der Waals surface area contributed by atoms with Crippen LogP contribution in [-0.4, -0.2) is 6.88 Å². The minimum Gasteiger partial charge on any atom is -0.147 e. The van der Waals surface area contributed by atoms with Gasteiger partial charge in [-0.1, -0.05) is 0 Å². The monoisotopic (exact) mass is 921 g/mol. The summed E-state index contributed by atoms with van der Waals surface area (Å²) in [5.74, 6) is 0. The number of benzene rings is 9. The second-order valence-corrected chi connectivity index (χ2v) is 35.1. The molecule has 2 unspecified atom stereocenters. The van der Waals surface area contributed by atoms with Crippen molar-refractivity contribution < 1.29 is 18.9 Å². The first-order chi connectivity index (χ1) is 28.8. The number of hydrogen-bond acceptors (Lipinski definition) is 0. The van der Waals surface area contributed by atoms with E-state index in [0.29, 0.717) is 7.25 Å². The number of aryl methyl sites for hydroxylation is 2. The summed E-state index contributed by atoms with van der Waals surface area (Å²) in [5.41, 5.74) is 18.9. The molecule has 9 aromatic carbocycles. The van der Waals surface area contributed by atoms with Crippen molar-refractivity contribution in [1.29, 1.82) is 0 Å². The van der Waals surface area contributed by atoms with Crippen molar-refractivity contribution in [3.63, 3.8) is 0 Å². The van der Waals surface area contributed by atoms with Crippen LogP contribution in [0.15, 0.2) is 175 Å². The van der Waals surface area contributed by atoms with E-state index >= 15 is 0 Å². The molecule has 9 aromatic rings. The largest absolute Gasteiger partial charge is 0.147 e. The van der Waals surface area contributed by atoms with Gasteiger partial charge in [-0.25, -0.2) is 0 Å². The molecule has 2 atom stereocenters. The fourth-order valence-corrected chi connectivity index (χ4v) is 33.1. The zero-order valence-corrected chi connectivity index (χ0v) is 40.6. The van der Waals surface area contributed by atoms with Crippen molar-refractivity contribution in [3.05, 3.63) is 214 Å². The van der Waals surface area contributed by atoms with Crippen LogP contribution in [0.3, 0.4) is 0 Å². The van der Waals surface area contributed by atoms with E-state index in [9.17, 15) is 0 Å². The molecule has 11 rings (SSSR count). The zero-order chi connectivity index (χ0) is 40.0. The molecule has 0 fully saturated rings. The molecular weight excluding hydrogens is 875 g/mol. The van der Waals surface area contributed by atoms with Crippen LogP contribution in [0, 0.1) is 13.8 Å². The zero-order valence-electron chi connectivity index (χ0n) is 35.1. The molecule has 0 saturated carbocycles. The Bertz CT molecular complexity index is 3140. The van der Waals surface area contributed by atoms with Crippen LogP contribution in [0.25, 0.3) is 77.5 Å². The van der Waals surface area contributed by atoms with E-state index in [1.807, 2.05) is 0 Å². The van der Waals surface area contributed by atoms with Crippen molar-refractivity contribution >= 4 is 86.9 Å². The molecule has 0 saturated heterocycles. The third-order valence-electron chi connectivity index (χ3n) is 13.8. The van der Waals surface area contributed by atoms with E-state index in [-0.39, 0.29) is 24.8 Å². The summed E-state index contributed by atoms with van der Waals surface area (Å²) in [5, 5.41) is 10.4. The Kier molecular flexibility index (Phi) is 11.0. The van der Waals surface area contributed by atoms with Crippen LogP contribution < -0.4 is 0 Å². The topological polar surface area (TPSA) is 0 Å². The van der Waals surface area contributed by atoms with Crippen molar-refractivity contribution in [2.45, 2.75) is 39.1 Å². The predicted octanol–water partition coefficient (Wildman–Crippen LogP) is 15.6. The SMILES string of the molecule is CC1=Cc2c(-c3cccc4cc5ccccc5cc34)ccc(C)c2[CH]1[Zr](=[SiH2])([CH2]c1ccccc1)[CH]1C(C)=Cc2c(-c3cccc4cc5ccccc5cc34)ccc(C)c21.Cl.Cl. The van der Waals surface area contributed by atoms with Gasteiger partial charge in [-0.05, 0) is 0 Å². The number of rotatable bonds is 6. The van der Waals surface area contributed by atoms with E-state index < -0.39 is 18.9 Å². The van der Waals surface area contributed by atoms with E-state index in [0.717, 1.165) is 0 Å². The molecule has 0 aromatic heterocycles. The van der Waals surface area contributed by atoms with Gasteiger partial charge in [0.2, 0.25) is 0 Å². The quantitative estimate of drug-likeness (QED) is 0.115. The molecule has 0 nitrogen and oxygen atoms in total. The maximum Gasteiger partial charge on any atom is -0.147 e. The van der Waals surface area contributed by atoms with E-state index in [2.05, 4.69) is 211 Å². The van der Waals surface area contributed by atoms with Gasteiger partial charge in [0.15, 0.2) is 0 Å². The Hall–Kier alpha value is -4.82. The van der Waals surface area contributed by atoms with E-state index in [1.165, 1.54) is 97.3 Å². The minimum atomic E-state index is -3.48. The Morgan fingerprint density at radius 2 is 0.803 bits per heavy atom. The Morgan fingerprint density at radius 3 is 1.25 bits per heavy atom. The molecule has 0 radical (unpaired) electrons. The molecule has 0 aliphatic heterocycles. The van der Waals surface area contributed by atoms with Crippen molar-refractivity contribution in [1.82, 2.24) is 0 Å². The maximum absolute atomic E-state index is 3.48. The Balaban J connectivity index is 0.00000238. The standard InChI is InChI=1S/2C25H19.C7H7.2ClH.H2Si.Zr/c2*1-16-12-23-17(2)10-11-22(25(23)13-16)21-9-5-8-20-14-18-6-3-4-7-19(18)15-24(20)21;1-7-5-3-2-4-6-7;;;;/h2*3-15H,1-2H3;2-6H,1H2;2*1H;1H2;. The molecule has 0 amide bonds. The molecule has 61 heavy (non-hydrogen) atoms. The molecule has 299 valence electrons. The summed E-state index contributed by atoms with van der Waals surface area (Å²) < 4.78 is 2.08. The summed E-state index contributed by atoms with van der Waals surface area (Å²) in [6, 6.07) is 62.1. The average Bonchev–Trinajstić information content (AvgIpc) is 3.81. The minimum absolute atomic E-state index is 0. The van der Waals surface area contributed by atoms with Crippen LogP contribution in [0.4, 0.5) is 0 Å². The molecule has 0 spiro atoms. The molecule has 0 N–H and O–H groups in total. The van der Waals surface area contributed by atoms with Gasteiger partial charge in [0.25, 0.3) is 0 Å². The Morgan fingerprint density at radius 1 is 0.410 bits per heavy atom. The second-order valence-electron chi connectivity index (χ2n) is 17.5. The molecule has 4 heteroatoms. The number of fused-ring (bicyclic) bond motifs is 6. The summed E-state index contributed by atoms with van der Waals surface area (Å²) in [6.07, 6.45) is 5.21. The van der Waals surface area contributed by atoms with Gasteiger partial charge >= 0.3 is 356 Å². The first kappa shape index (κ1) is 41.5. The first-order valence-corrected chi connectivity index (χ1v) is 31.6. The van der Waals surface area contributed by atoms with Gasteiger partial charge in [0.1, 0.15) is 0 Å². The van der Waals surface area contributed by atoms with Gasteiger partial charge in [-0.2, -0.15) is 0 Å². The van der Waals surface area contributed by atoms with Crippen LogP contribution in [-0.2, 0) is 23.0 Å². The molecule has 0 bridgehead atoms. The van der Waals surface area contributed by atoms with Gasteiger partial charge in [-0.3, -0.25) is 0 Å². The summed E-state index contributed by atoms with van der Waals surface area (Å²) in [6.45, 7) is 12.2. The van der Waals surface area contributed by atoms with Gasteiger partial charge in [0.05, 0.1) is 0 Å². The van der Waals surface area contributed by atoms with Crippen LogP contribution in [0.2, 0.25) is 0 Å². The third-order valence-corrected chi connectivity index (χ3v) is 32.1. The van der Waals surface area contributed by atoms with Gasteiger partial charge in [0, 0.05) is 0 Å². The van der Waals surface area contributed by atoms with Crippen LogP contribution >= 0.6 is 24.8 Å². The predicted molar refractivity (Wildman–Crippen MR) is 269 cm³/mol. The number of allylic oxidation sites excluding steroid dienone is 2. The molecule has 2 aliphatic carbocycles. The van der Waals surface area contributed by atoms with Crippen molar-refractivity contribution in [2.75, 3.05) is 0 Å². The maximum atomic E-state index is 2.60. The first-order valence-electron chi connectivity index (χ1n) is 21.1. The van der Waals surface area contributed by atoms with Gasteiger partial charge in [-0.15, -0.1) is 24.8 Å². The molecule has 2 aliphatic rings. The van der Waals surface area contributed by atoms with E-state index in [1.54, 1.807) is 22.3 Å². The molecule has 0 heterocycles. The fraction of sp³-hybridized carbons (Fsp3) is 0.123. The summed E-state index contributed by atoms with van der Waals surface area (Å²) in [4.78, 5) is 0. The Labute approximate surface area is 378 Å². The summed E-state index contributed by atoms with van der Waals surface area (Å²) >= 11 is -3.48. The average molecular weight is 924 g/mol. The van der Waals surface area contributed by atoms with Crippen LogP contribution in [0.1, 0.15) is 60.0 Å². The molecular formula is C57H49Cl2SiZr. The van der Waals surface area contributed by atoms with Crippen LogP contribution in [0.5, 0.6) is 0 Å². The third kappa shape index (κ3) is 6.74. The normalized spacial score (nSPS) is 16.4. The number of hydrogen-bond donors (Lipinski definition) is 0. The van der Waals surface area contributed by atoms with Crippen molar-refractivity contribution in [2.24, 2.45) is 0 Å². The van der Waals surface area contributed by atoms with E-state index in [4.69, 9.17) is 0 Å². The van der Waals surface area contributed by atoms with Gasteiger partial charge < -0.3 is 0 Å². The number of halogens is 2. The smallest absolute Gasteiger partial charge is 0.147 e. The fourth-order valence-electron chi connectivity index (χ4n) is 11.3. The van der Waals surface area contributed by atoms with Crippen molar-refractivity contribution in [3.8, 4) is 22.3 Å².